The molecule has 0 saturated carbocycles. The lowest BCUT2D eigenvalue weighted by atomic mass is 10.2. The first kappa shape index (κ1) is 11.9. The minimum Gasteiger partial charge on any atom is -0.335 e. The SMILES string of the molecule is Cc1ccc(Cl)cc1.O=[N+]([O-])CO. The van der Waals surface area contributed by atoms with E-state index in [1.165, 1.54) is 5.56 Å². The van der Waals surface area contributed by atoms with Gasteiger partial charge in [-0.25, -0.2) is 0 Å². The second-order valence-corrected chi connectivity index (χ2v) is 2.71. The van der Waals surface area contributed by atoms with E-state index < -0.39 is 11.7 Å². The molecular weight excluding hydrogens is 194 g/mol. The summed E-state index contributed by atoms with van der Waals surface area (Å²) in [4.78, 5) is 8.10. The van der Waals surface area contributed by atoms with E-state index in [9.17, 15) is 0 Å². The highest BCUT2D eigenvalue weighted by molar-refractivity contribution is 6.30. The molecule has 0 unspecified atom stereocenters. The second-order valence-electron chi connectivity index (χ2n) is 2.27. The average molecular weight is 204 g/mol. The van der Waals surface area contributed by atoms with E-state index in [4.69, 9.17) is 26.8 Å². The molecule has 5 heteroatoms. The van der Waals surface area contributed by atoms with Crippen LogP contribution in [0.4, 0.5) is 0 Å². The number of benzene rings is 1. The van der Waals surface area contributed by atoms with Gasteiger partial charge in [-0.15, -0.1) is 0 Å². The molecule has 1 N–H and O–H groups in total. The lowest BCUT2D eigenvalue weighted by Crippen LogP contribution is -1.96. The molecule has 0 saturated heterocycles. The van der Waals surface area contributed by atoms with Gasteiger partial charge in [0.15, 0.2) is 0 Å². The van der Waals surface area contributed by atoms with Crippen molar-refractivity contribution in [1.82, 2.24) is 0 Å². The van der Waals surface area contributed by atoms with Crippen molar-refractivity contribution in [3.63, 3.8) is 0 Å². The van der Waals surface area contributed by atoms with E-state index in [0.29, 0.717) is 0 Å². The first-order valence-electron chi connectivity index (χ1n) is 3.51. The zero-order chi connectivity index (χ0) is 10.3. The lowest BCUT2D eigenvalue weighted by molar-refractivity contribution is -0.520. The zero-order valence-corrected chi connectivity index (χ0v) is 7.86. The number of aryl methyl sites for hydroxylation is 1. The molecule has 0 spiro atoms. The van der Waals surface area contributed by atoms with E-state index >= 15 is 0 Å². The highest BCUT2D eigenvalue weighted by Gasteiger charge is 1.81. The molecular formula is C8H10ClNO3. The number of nitrogens with zero attached hydrogens (tertiary/aromatic N) is 1. The van der Waals surface area contributed by atoms with E-state index in [-0.39, 0.29) is 0 Å². The molecule has 0 aliphatic heterocycles. The van der Waals surface area contributed by atoms with Gasteiger partial charge in [0, 0.05) is 9.95 Å². The fraction of sp³-hybridized carbons (Fsp3) is 0.250. The Bertz CT molecular complexity index is 240. The predicted octanol–water partition coefficient (Wildman–Crippen LogP) is 1.86. The molecule has 0 aliphatic carbocycles. The molecule has 0 radical (unpaired) electrons. The Labute approximate surface area is 80.9 Å². The maximum absolute atomic E-state index is 8.92. The first-order valence-corrected chi connectivity index (χ1v) is 3.89. The van der Waals surface area contributed by atoms with Gasteiger partial charge in [0.25, 0.3) is 0 Å². The molecule has 4 nitrogen and oxygen atoms in total. The topological polar surface area (TPSA) is 63.4 Å². The van der Waals surface area contributed by atoms with Crippen LogP contribution in [0, 0.1) is 17.0 Å². The Kier molecular flexibility index (Phi) is 5.84. The summed E-state index contributed by atoms with van der Waals surface area (Å²) in [7, 11) is 0. The van der Waals surface area contributed by atoms with Gasteiger partial charge < -0.3 is 5.11 Å². The van der Waals surface area contributed by atoms with Gasteiger partial charge in [-0.2, -0.15) is 0 Å². The summed E-state index contributed by atoms with van der Waals surface area (Å²) in [5.74, 6) is 0. The second kappa shape index (κ2) is 6.39. The van der Waals surface area contributed by atoms with Crippen molar-refractivity contribution >= 4 is 11.6 Å². The maximum atomic E-state index is 8.92. The average Bonchev–Trinajstić information content (AvgIpc) is 2.11. The molecule has 0 heterocycles. The summed E-state index contributed by atoms with van der Waals surface area (Å²) in [5.41, 5.74) is 1.24. The Hall–Kier alpha value is -1.13. The van der Waals surface area contributed by atoms with Crippen LogP contribution in [0.1, 0.15) is 5.56 Å². The smallest absolute Gasteiger partial charge is 0.303 e. The number of halogens is 1. The molecule has 1 aromatic rings. The van der Waals surface area contributed by atoms with Crippen LogP contribution in [0.15, 0.2) is 24.3 Å². The quantitative estimate of drug-likeness (QED) is 0.431. The van der Waals surface area contributed by atoms with Crippen molar-refractivity contribution in [3.05, 3.63) is 45.0 Å². The molecule has 0 aromatic heterocycles. The van der Waals surface area contributed by atoms with Crippen molar-refractivity contribution in [2.24, 2.45) is 0 Å². The van der Waals surface area contributed by atoms with Crippen molar-refractivity contribution in [1.29, 1.82) is 0 Å². The maximum Gasteiger partial charge on any atom is 0.303 e. The summed E-state index contributed by atoms with van der Waals surface area (Å²) in [6.45, 7) is 1.07. The molecule has 0 bridgehead atoms. The van der Waals surface area contributed by atoms with Crippen LogP contribution in [0.25, 0.3) is 0 Å². The summed E-state index contributed by atoms with van der Waals surface area (Å²) in [5, 5.41) is 17.2. The van der Waals surface area contributed by atoms with Crippen LogP contribution in [0.3, 0.4) is 0 Å². The van der Waals surface area contributed by atoms with Crippen molar-refractivity contribution in [3.8, 4) is 0 Å². The van der Waals surface area contributed by atoms with Crippen LogP contribution in [-0.2, 0) is 0 Å². The molecule has 0 atom stereocenters. The van der Waals surface area contributed by atoms with E-state index in [1.807, 2.05) is 31.2 Å². The first-order chi connectivity index (χ1) is 6.06. The van der Waals surface area contributed by atoms with Crippen LogP contribution >= 0.6 is 11.6 Å². The van der Waals surface area contributed by atoms with E-state index in [2.05, 4.69) is 0 Å². The molecule has 1 rings (SSSR count). The minimum absolute atomic E-state index is 0.801. The van der Waals surface area contributed by atoms with Gasteiger partial charge in [-0.1, -0.05) is 29.3 Å². The van der Waals surface area contributed by atoms with Crippen molar-refractivity contribution in [2.75, 3.05) is 6.73 Å². The number of hydrogen-bond acceptors (Lipinski definition) is 3. The number of hydrogen-bond donors (Lipinski definition) is 1. The van der Waals surface area contributed by atoms with Gasteiger partial charge in [-0.05, 0) is 19.1 Å². The van der Waals surface area contributed by atoms with Crippen LogP contribution in [-0.4, -0.2) is 16.8 Å². The van der Waals surface area contributed by atoms with Gasteiger partial charge in [0.2, 0.25) is 0 Å². The summed E-state index contributed by atoms with van der Waals surface area (Å²) < 4.78 is 0. The van der Waals surface area contributed by atoms with Gasteiger partial charge in [0.05, 0.1) is 0 Å². The highest BCUT2D eigenvalue weighted by atomic mass is 35.5. The summed E-state index contributed by atoms with van der Waals surface area (Å²) >= 11 is 5.61. The molecule has 13 heavy (non-hydrogen) atoms. The minimum atomic E-state index is -0.972. The number of aliphatic hydroxyl groups excluding tert-OH is 1. The standard InChI is InChI=1S/C7H7Cl.CH3NO3/c1-6-2-4-7(8)5-3-6;3-1-2(4)5/h2-5H,1H3;3H,1H2. The van der Waals surface area contributed by atoms with Gasteiger partial charge >= 0.3 is 6.73 Å². The number of aliphatic hydroxyl groups is 1. The normalized spacial score (nSPS) is 8.54. The Morgan fingerprint density at radius 3 is 2.08 bits per heavy atom. The van der Waals surface area contributed by atoms with E-state index in [0.717, 1.165) is 5.02 Å². The predicted molar refractivity (Wildman–Crippen MR) is 50.3 cm³/mol. The zero-order valence-electron chi connectivity index (χ0n) is 7.11. The lowest BCUT2D eigenvalue weighted by Gasteiger charge is -1.88. The Balaban J connectivity index is 0.000000252. The van der Waals surface area contributed by atoms with Crippen LogP contribution in [0.2, 0.25) is 5.02 Å². The molecule has 0 aliphatic rings. The third-order valence-corrected chi connectivity index (χ3v) is 1.38. The van der Waals surface area contributed by atoms with Gasteiger partial charge in [0.1, 0.15) is 0 Å². The largest absolute Gasteiger partial charge is 0.335 e. The van der Waals surface area contributed by atoms with E-state index in [1.54, 1.807) is 0 Å². The fourth-order valence-corrected chi connectivity index (χ4v) is 0.659. The third kappa shape index (κ3) is 7.24. The fourth-order valence-electron chi connectivity index (χ4n) is 0.533. The highest BCUT2D eigenvalue weighted by Crippen LogP contribution is 2.07. The number of rotatable bonds is 1. The third-order valence-electron chi connectivity index (χ3n) is 1.13. The molecule has 1 aromatic carbocycles. The summed E-state index contributed by atoms with van der Waals surface area (Å²) in [6, 6.07) is 7.75. The Morgan fingerprint density at radius 1 is 1.46 bits per heavy atom. The summed E-state index contributed by atoms with van der Waals surface area (Å²) in [6.07, 6.45) is 0. The van der Waals surface area contributed by atoms with Crippen molar-refractivity contribution in [2.45, 2.75) is 6.92 Å². The molecule has 72 valence electrons. The Morgan fingerprint density at radius 2 is 1.85 bits per heavy atom. The monoisotopic (exact) mass is 203 g/mol. The van der Waals surface area contributed by atoms with Gasteiger partial charge in [-0.3, -0.25) is 10.1 Å². The van der Waals surface area contributed by atoms with Crippen LogP contribution in [0.5, 0.6) is 0 Å². The molecule has 0 amide bonds. The number of nitro groups is 1. The molecule has 0 fully saturated rings. The van der Waals surface area contributed by atoms with Crippen LogP contribution < -0.4 is 0 Å². The van der Waals surface area contributed by atoms with Crippen molar-refractivity contribution < 1.29 is 10.0 Å².